The van der Waals surface area contributed by atoms with E-state index < -0.39 is 97.5 Å². The molecule has 0 aliphatic heterocycles. The van der Waals surface area contributed by atoms with Crippen LogP contribution < -0.4 is 0 Å². The largest absolute Gasteiger partial charge is 0.472 e. The number of aliphatic hydroxyl groups is 1. The van der Waals surface area contributed by atoms with E-state index in [1.54, 1.807) is 0 Å². The van der Waals surface area contributed by atoms with Crippen molar-refractivity contribution in [2.75, 3.05) is 39.6 Å². The van der Waals surface area contributed by atoms with Gasteiger partial charge >= 0.3 is 39.5 Å². The van der Waals surface area contributed by atoms with Gasteiger partial charge in [-0.1, -0.05) is 374 Å². The van der Waals surface area contributed by atoms with E-state index in [1.807, 2.05) is 0 Å². The monoisotopic (exact) mass is 1490 g/mol. The summed E-state index contributed by atoms with van der Waals surface area (Å²) in [5.74, 6) is -2.12. The van der Waals surface area contributed by atoms with Crippen LogP contribution in [0, 0.1) is 0 Å². The molecule has 0 rings (SSSR count). The molecule has 604 valence electrons. The van der Waals surface area contributed by atoms with E-state index in [0.29, 0.717) is 25.7 Å². The zero-order valence-electron chi connectivity index (χ0n) is 66.3. The van der Waals surface area contributed by atoms with Gasteiger partial charge in [-0.3, -0.25) is 37.3 Å². The van der Waals surface area contributed by atoms with E-state index in [0.717, 1.165) is 103 Å². The zero-order chi connectivity index (χ0) is 74.6. The van der Waals surface area contributed by atoms with Gasteiger partial charge in [-0.15, -0.1) is 0 Å². The number of unbranched alkanes of at least 4 members (excludes halogenated alkanes) is 55. The van der Waals surface area contributed by atoms with Crippen LogP contribution in [0.2, 0.25) is 0 Å². The second kappa shape index (κ2) is 77.0. The molecule has 0 bridgehead atoms. The van der Waals surface area contributed by atoms with E-state index in [1.165, 1.54) is 257 Å². The molecule has 3 N–H and O–H groups in total. The second-order valence-corrected chi connectivity index (χ2v) is 32.4. The summed E-state index contributed by atoms with van der Waals surface area (Å²) < 4.78 is 68.8. The first-order valence-electron chi connectivity index (χ1n) is 42.9. The maximum absolute atomic E-state index is 13.1. The molecule has 0 heterocycles. The summed E-state index contributed by atoms with van der Waals surface area (Å²) in [6.45, 7) is 5.02. The van der Waals surface area contributed by atoms with Gasteiger partial charge in [0.2, 0.25) is 0 Å². The van der Waals surface area contributed by atoms with Crippen molar-refractivity contribution in [2.45, 2.75) is 457 Å². The summed E-state index contributed by atoms with van der Waals surface area (Å²) in [5, 5.41) is 10.7. The van der Waals surface area contributed by atoms with Crippen LogP contribution in [-0.2, 0) is 65.4 Å². The van der Waals surface area contributed by atoms with Crippen LogP contribution in [0.1, 0.15) is 439 Å². The molecule has 0 aromatic rings. The fourth-order valence-electron chi connectivity index (χ4n) is 12.7. The smallest absolute Gasteiger partial charge is 0.462 e. The highest BCUT2D eigenvalue weighted by Crippen LogP contribution is 2.45. The lowest BCUT2D eigenvalue weighted by Crippen LogP contribution is -2.30. The lowest BCUT2D eigenvalue weighted by atomic mass is 10.0. The van der Waals surface area contributed by atoms with E-state index in [2.05, 4.69) is 39.8 Å². The predicted octanol–water partition coefficient (Wildman–Crippen LogP) is 25.1. The molecule has 0 aromatic carbocycles. The molecule has 0 saturated carbocycles. The van der Waals surface area contributed by atoms with Gasteiger partial charge in [0.15, 0.2) is 12.2 Å². The van der Waals surface area contributed by atoms with E-state index in [-0.39, 0.29) is 25.7 Å². The van der Waals surface area contributed by atoms with E-state index in [9.17, 15) is 43.2 Å². The Kier molecular flexibility index (Phi) is 75.3. The van der Waals surface area contributed by atoms with Gasteiger partial charge in [-0.05, 0) is 51.4 Å². The Morgan fingerprint density at radius 1 is 0.265 bits per heavy atom. The Balaban J connectivity index is 5.28. The number of ether oxygens (including phenoxy) is 4. The van der Waals surface area contributed by atoms with Crippen LogP contribution in [0.4, 0.5) is 0 Å². The molecule has 2 unspecified atom stereocenters. The molecule has 0 fully saturated rings. The molecule has 0 aliphatic carbocycles. The van der Waals surface area contributed by atoms with Crippen molar-refractivity contribution in [3.8, 4) is 0 Å². The Hall–Kier alpha value is -2.20. The maximum atomic E-state index is 13.1. The molecule has 5 atom stereocenters. The average Bonchev–Trinajstić information content (AvgIpc) is 1.38. The third kappa shape index (κ3) is 76.0. The van der Waals surface area contributed by atoms with Crippen molar-refractivity contribution in [2.24, 2.45) is 0 Å². The minimum atomic E-state index is -4.96. The maximum Gasteiger partial charge on any atom is 0.472 e. The Bertz CT molecular complexity index is 1980. The minimum absolute atomic E-state index is 0.0952. The molecule has 0 spiro atoms. The Labute approximate surface area is 625 Å². The van der Waals surface area contributed by atoms with Crippen molar-refractivity contribution in [3.63, 3.8) is 0 Å². The van der Waals surface area contributed by atoms with Gasteiger partial charge in [0.25, 0.3) is 0 Å². The molecule has 0 radical (unpaired) electrons. The Morgan fingerprint density at radius 2 is 0.451 bits per heavy atom. The highest BCUT2D eigenvalue weighted by molar-refractivity contribution is 7.47. The van der Waals surface area contributed by atoms with Crippen LogP contribution >= 0.6 is 15.6 Å². The SMILES string of the molecule is CCCCCCCC/C=C\CCCCCCCC(=O)O[C@H](COC(=O)CCCCCCCCCCCCCCC)COP(=O)(O)OC[C@@H](O)COP(=O)(O)OC[C@@H](COC(=O)CCCCCCCCCCCCCCCCCCC)OC(=O)CCCCCCCCCCCCCCCCCCC. The van der Waals surface area contributed by atoms with Crippen LogP contribution in [0.25, 0.3) is 0 Å². The first kappa shape index (κ1) is 99.8. The quantitative estimate of drug-likeness (QED) is 0.0169. The Morgan fingerprint density at radius 3 is 0.676 bits per heavy atom. The topological polar surface area (TPSA) is 237 Å². The summed E-state index contributed by atoms with van der Waals surface area (Å²) >= 11 is 0. The summed E-state index contributed by atoms with van der Waals surface area (Å²) in [7, 11) is -9.93. The molecular weight excluding hydrogens is 1330 g/mol. The number of carbonyl (C=O) groups excluding carboxylic acids is 4. The first-order valence-corrected chi connectivity index (χ1v) is 45.9. The standard InChI is InChI=1S/C83H160O17P2/c1-5-9-13-17-21-25-29-33-36-38-41-44-48-52-56-60-64-68-81(86)94-74-79(100-83(88)70-66-62-58-54-50-46-42-39-37-34-30-26-22-18-14-10-6-2)76-98-102(91,92)96-72-77(84)71-95-101(89,90)97-75-78(73-93-80(85)67-63-59-55-51-47-43-32-28-24-20-16-12-8-4)99-82(87)69-65-61-57-53-49-45-40-35-31-27-23-19-15-11-7-3/h35,40,77-79,84H,5-34,36-39,41-76H2,1-4H3,(H,89,90)(H,91,92)/b40-35-/t77-,78-,79-/m1/s1. The lowest BCUT2D eigenvalue weighted by molar-refractivity contribution is -0.161. The van der Waals surface area contributed by atoms with Crippen molar-refractivity contribution >= 4 is 39.5 Å². The van der Waals surface area contributed by atoms with Crippen LogP contribution in [0.5, 0.6) is 0 Å². The van der Waals surface area contributed by atoms with Gasteiger partial charge < -0.3 is 33.8 Å². The van der Waals surface area contributed by atoms with Gasteiger partial charge in [0, 0.05) is 25.7 Å². The zero-order valence-corrected chi connectivity index (χ0v) is 68.1. The van der Waals surface area contributed by atoms with Crippen molar-refractivity contribution in [1.82, 2.24) is 0 Å². The number of esters is 4. The third-order valence-electron chi connectivity index (χ3n) is 19.3. The normalized spacial score (nSPS) is 13.8. The number of hydrogen-bond donors (Lipinski definition) is 3. The average molecular weight is 1490 g/mol. The molecule has 0 aliphatic rings. The van der Waals surface area contributed by atoms with Crippen molar-refractivity contribution in [3.05, 3.63) is 12.2 Å². The first-order chi connectivity index (χ1) is 49.7. The van der Waals surface area contributed by atoms with E-state index >= 15 is 0 Å². The van der Waals surface area contributed by atoms with Crippen LogP contribution in [0.15, 0.2) is 12.2 Å². The summed E-state index contributed by atoms with van der Waals surface area (Å²) in [5.41, 5.74) is 0. The fraction of sp³-hybridized carbons (Fsp3) is 0.928. The second-order valence-electron chi connectivity index (χ2n) is 29.5. The summed E-state index contributed by atoms with van der Waals surface area (Å²) in [6, 6.07) is 0. The highest BCUT2D eigenvalue weighted by atomic mass is 31.2. The third-order valence-corrected chi connectivity index (χ3v) is 21.2. The molecule has 17 nitrogen and oxygen atoms in total. The lowest BCUT2D eigenvalue weighted by Gasteiger charge is -2.21. The number of rotatable bonds is 83. The molecule has 0 amide bonds. The van der Waals surface area contributed by atoms with Crippen molar-refractivity contribution < 1.29 is 80.2 Å². The van der Waals surface area contributed by atoms with Gasteiger partial charge in [-0.25, -0.2) is 9.13 Å². The molecule has 19 heteroatoms. The van der Waals surface area contributed by atoms with E-state index in [4.69, 9.17) is 37.0 Å². The van der Waals surface area contributed by atoms with Gasteiger partial charge in [-0.2, -0.15) is 0 Å². The van der Waals surface area contributed by atoms with Gasteiger partial charge in [0.05, 0.1) is 26.4 Å². The van der Waals surface area contributed by atoms with Crippen LogP contribution in [-0.4, -0.2) is 96.7 Å². The number of allylic oxidation sites excluding steroid dienone is 2. The van der Waals surface area contributed by atoms with Gasteiger partial charge in [0.1, 0.15) is 19.3 Å². The summed E-state index contributed by atoms with van der Waals surface area (Å²) in [6.07, 6.45) is 71.7. The number of aliphatic hydroxyl groups excluding tert-OH is 1. The summed E-state index contributed by atoms with van der Waals surface area (Å²) in [4.78, 5) is 73.1. The molecule has 0 saturated heterocycles. The molecule has 0 aromatic heterocycles. The minimum Gasteiger partial charge on any atom is -0.462 e. The number of hydrogen-bond acceptors (Lipinski definition) is 15. The molecular formula is C83H160O17P2. The van der Waals surface area contributed by atoms with Crippen LogP contribution in [0.3, 0.4) is 0 Å². The number of phosphoric ester groups is 2. The fourth-order valence-corrected chi connectivity index (χ4v) is 14.3. The number of phosphoric acid groups is 2. The molecule has 102 heavy (non-hydrogen) atoms. The number of carbonyl (C=O) groups is 4. The highest BCUT2D eigenvalue weighted by Gasteiger charge is 2.30. The van der Waals surface area contributed by atoms with Crippen molar-refractivity contribution in [1.29, 1.82) is 0 Å². The predicted molar refractivity (Wildman–Crippen MR) is 418 cm³/mol.